The Morgan fingerprint density at radius 1 is 1.27 bits per heavy atom. The molecule has 0 aliphatic rings. The Labute approximate surface area is 131 Å². The number of hydrogen-bond donors (Lipinski definition) is 2. The van der Waals surface area contributed by atoms with Gasteiger partial charge in [-0.15, -0.1) is 0 Å². The van der Waals surface area contributed by atoms with Crippen molar-refractivity contribution in [2.45, 2.75) is 39.2 Å². The molecule has 22 heavy (non-hydrogen) atoms. The topological polar surface area (TPSA) is 67.2 Å². The highest BCUT2D eigenvalue weighted by Gasteiger charge is 2.22. The maximum Gasteiger partial charge on any atom is 0.304 e. The molecule has 0 fully saturated rings. The van der Waals surface area contributed by atoms with Crippen molar-refractivity contribution in [2.75, 3.05) is 6.54 Å². The van der Waals surface area contributed by atoms with Gasteiger partial charge in [-0.1, -0.05) is 39.0 Å². The summed E-state index contributed by atoms with van der Waals surface area (Å²) in [4.78, 5) is 10.6. The number of aromatic nitrogens is 2. The van der Waals surface area contributed by atoms with Crippen LogP contribution in [0.4, 0.5) is 0 Å². The zero-order valence-electron chi connectivity index (χ0n) is 13.3. The largest absolute Gasteiger partial charge is 0.481 e. The third-order valence-corrected chi connectivity index (χ3v) is 3.35. The number of benzene rings is 1. The lowest BCUT2D eigenvalue weighted by Crippen LogP contribution is -2.21. The Morgan fingerprint density at radius 2 is 1.95 bits per heavy atom. The predicted octanol–water partition coefficient (Wildman–Crippen LogP) is 2.73. The van der Waals surface area contributed by atoms with Crippen LogP contribution in [-0.4, -0.2) is 27.4 Å². The molecular weight excluding hydrogens is 278 g/mol. The molecule has 0 spiro atoms. The van der Waals surface area contributed by atoms with Gasteiger partial charge in [0.05, 0.1) is 17.8 Å². The minimum absolute atomic E-state index is 0.0656. The second-order valence-corrected chi connectivity index (χ2v) is 6.35. The van der Waals surface area contributed by atoms with Crippen molar-refractivity contribution >= 4 is 5.97 Å². The highest BCUT2D eigenvalue weighted by molar-refractivity contribution is 5.66. The van der Waals surface area contributed by atoms with Gasteiger partial charge in [-0.05, 0) is 12.1 Å². The normalized spacial score (nSPS) is 11.6. The fraction of sp³-hybridized carbons (Fsp3) is 0.412. The highest BCUT2D eigenvalue weighted by atomic mass is 16.4. The van der Waals surface area contributed by atoms with Gasteiger partial charge in [0.1, 0.15) is 0 Å². The molecule has 0 atom stereocenters. The SMILES string of the molecule is CC(C)(C)c1nn(-c2ccccc2)cc1CNCCC(=O)O. The van der Waals surface area contributed by atoms with E-state index in [-0.39, 0.29) is 11.8 Å². The highest BCUT2D eigenvalue weighted by Crippen LogP contribution is 2.25. The van der Waals surface area contributed by atoms with Crippen molar-refractivity contribution in [1.29, 1.82) is 0 Å². The third-order valence-electron chi connectivity index (χ3n) is 3.35. The quantitative estimate of drug-likeness (QED) is 0.805. The molecule has 1 aromatic carbocycles. The zero-order valence-corrected chi connectivity index (χ0v) is 13.3. The smallest absolute Gasteiger partial charge is 0.304 e. The minimum Gasteiger partial charge on any atom is -0.481 e. The minimum atomic E-state index is -0.788. The van der Waals surface area contributed by atoms with Gasteiger partial charge in [-0.25, -0.2) is 4.68 Å². The summed E-state index contributed by atoms with van der Waals surface area (Å²) in [5.41, 5.74) is 3.08. The first kappa shape index (κ1) is 16.2. The van der Waals surface area contributed by atoms with Crippen molar-refractivity contribution in [1.82, 2.24) is 15.1 Å². The van der Waals surface area contributed by atoms with Gasteiger partial charge in [0.25, 0.3) is 0 Å². The fourth-order valence-electron chi connectivity index (χ4n) is 2.30. The summed E-state index contributed by atoms with van der Waals surface area (Å²) in [6.07, 6.45) is 2.14. The van der Waals surface area contributed by atoms with E-state index in [1.807, 2.05) is 41.2 Å². The standard InChI is InChI=1S/C17H23N3O2/c1-17(2,3)16-13(11-18-10-9-15(21)22)12-20(19-16)14-7-5-4-6-8-14/h4-8,12,18H,9-11H2,1-3H3,(H,21,22). The zero-order chi connectivity index (χ0) is 16.2. The van der Waals surface area contributed by atoms with Crippen LogP contribution in [0.25, 0.3) is 5.69 Å². The average molecular weight is 301 g/mol. The lowest BCUT2D eigenvalue weighted by atomic mass is 9.89. The van der Waals surface area contributed by atoms with E-state index in [2.05, 4.69) is 26.1 Å². The van der Waals surface area contributed by atoms with Gasteiger partial charge < -0.3 is 10.4 Å². The molecule has 0 aliphatic carbocycles. The number of carboxylic acid groups (broad SMARTS) is 1. The molecule has 0 bridgehead atoms. The van der Waals surface area contributed by atoms with E-state index in [9.17, 15) is 4.79 Å². The summed E-state index contributed by atoms with van der Waals surface area (Å²) < 4.78 is 1.88. The molecule has 118 valence electrons. The van der Waals surface area contributed by atoms with Crippen LogP contribution in [-0.2, 0) is 16.8 Å². The maximum atomic E-state index is 10.6. The molecule has 0 saturated carbocycles. The van der Waals surface area contributed by atoms with Gasteiger partial charge >= 0.3 is 5.97 Å². The summed E-state index contributed by atoms with van der Waals surface area (Å²) in [7, 11) is 0. The van der Waals surface area contributed by atoms with Crippen LogP contribution in [0.15, 0.2) is 36.5 Å². The number of carbonyl (C=O) groups is 1. The fourth-order valence-corrected chi connectivity index (χ4v) is 2.30. The van der Waals surface area contributed by atoms with Gasteiger partial charge in [-0.3, -0.25) is 4.79 Å². The molecule has 2 rings (SSSR count). The Bertz CT molecular complexity index is 627. The Morgan fingerprint density at radius 3 is 2.55 bits per heavy atom. The number of aliphatic carboxylic acids is 1. The molecule has 2 aromatic rings. The third kappa shape index (κ3) is 4.18. The number of nitrogens with one attached hydrogen (secondary N) is 1. The lowest BCUT2D eigenvalue weighted by molar-refractivity contribution is -0.136. The Balaban J connectivity index is 2.20. The van der Waals surface area contributed by atoms with Gasteiger partial charge in [0.15, 0.2) is 0 Å². The predicted molar refractivity (Wildman–Crippen MR) is 86.2 cm³/mol. The number of rotatable bonds is 6. The molecule has 2 N–H and O–H groups in total. The Hall–Kier alpha value is -2.14. The molecule has 1 aromatic heterocycles. The first-order chi connectivity index (χ1) is 10.4. The number of para-hydroxylation sites is 1. The van der Waals surface area contributed by atoms with E-state index in [1.165, 1.54) is 0 Å². The van der Waals surface area contributed by atoms with Crippen LogP contribution in [0.3, 0.4) is 0 Å². The summed E-state index contributed by atoms with van der Waals surface area (Å²) in [5, 5.41) is 16.6. The number of carboxylic acids is 1. The van der Waals surface area contributed by atoms with Crippen molar-refractivity contribution < 1.29 is 9.90 Å². The second kappa shape index (κ2) is 6.75. The van der Waals surface area contributed by atoms with Crippen LogP contribution in [0.1, 0.15) is 38.4 Å². The van der Waals surface area contributed by atoms with Crippen molar-refractivity contribution in [3.05, 3.63) is 47.8 Å². The maximum absolute atomic E-state index is 10.6. The second-order valence-electron chi connectivity index (χ2n) is 6.35. The van der Waals surface area contributed by atoms with E-state index in [1.54, 1.807) is 0 Å². The lowest BCUT2D eigenvalue weighted by Gasteiger charge is -2.17. The molecular formula is C17H23N3O2. The first-order valence-electron chi connectivity index (χ1n) is 7.45. The molecule has 0 aliphatic heterocycles. The van der Waals surface area contributed by atoms with E-state index >= 15 is 0 Å². The molecule has 0 saturated heterocycles. The average Bonchev–Trinajstić information content (AvgIpc) is 2.89. The van der Waals surface area contributed by atoms with Crippen molar-refractivity contribution in [2.24, 2.45) is 0 Å². The van der Waals surface area contributed by atoms with E-state index in [4.69, 9.17) is 10.2 Å². The van der Waals surface area contributed by atoms with Gasteiger partial charge in [0, 0.05) is 30.3 Å². The summed E-state index contributed by atoms with van der Waals surface area (Å²) in [6.45, 7) is 7.46. The van der Waals surface area contributed by atoms with Gasteiger partial charge in [-0.2, -0.15) is 5.10 Å². The van der Waals surface area contributed by atoms with Crippen LogP contribution < -0.4 is 5.32 Å². The van der Waals surface area contributed by atoms with E-state index < -0.39 is 5.97 Å². The Kier molecular flexibility index (Phi) is 4.98. The number of hydrogen-bond acceptors (Lipinski definition) is 3. The molecule has 5 nitrogen and oxygen atoms in total. The van der Waals surface area contributed by atoms with Crippen LogP contribution in [0, 0.1) is 0 Å². The molecule has 0 unspecified atom stereocenters. The van der Waals surface area contributed by atoms with Crippen LogP contribution >= 0.6 is 0 Å². The molecule has 0 radical (unpaired) electrons. The summed E-state index contributed by atoms with van der Waals surface area (Å²) in [6, 6.07) is 9.98. The monoisotopic (exact) mass is 301 g/mol. The van der Waals surface area contributed by atoms with Crippen molar-refractivity contribution in [3.63, 3.8) is 0 Å². The van der Waals surface area contributed by atoms with Crippen LogP contribution in [0.5, 0.6) is 0 Å². The van der Waals surface area contributed by atoms with Crippen molar-refractivity contribution in [3.8, 4) is 5.69 Å². The van der Waals surface area contributed by atoms with E-state index in [0.29, 0.717) is 13.1 Å². The molecule has 0 amide bonds. The molecule has 1 heterocycles. The summed E-state index contributed by atoms with van der Waals surface area (Å²) in [5.74, 6) is -0.788. The van der Waals surface area contributed by atoms with E-state index in [0.717, 1.165) is 16.9 Å². The number of nitrogens with zero attached hydrogens (tertiary/aromatic N) is 2. The molecule has 5 heteroatoms. The van der Waals surface area contributed by atoms with Crippen LogP contribution in [0.2, 0.25) is 0 Å². The van der Waals surface area contributed by atoms with Gasteiger partial charge in [0.2, 0.25) is 0 Å². The summed E-state index contributed by atoms with van der Waals surface area (Å²) >= 11 is 0. The first-order valence-corrected chi connectivity index (χ1v) is 7.45.